The number of aromatic nitrogens is 2. The molecule has 0 saturated carbocycles. The number of carbonyl (C=O) groups excluding carboxylic acids is 1. The highest BCUT2D eigenvalue weighted by molar-refractivity contribution is 6.04. The Morgan fingerprint density at radius 2 is 1.87 bits per heavy atom. The van der Waals surface area contributed by atoms with E-state index in [-0.39, 0.29) is 11.6 Å². The number of pyridine rings is 1. The summed E-state index contributed by atoms with van der Waals surface area (Å²) >= 11 is 0. The van der Waals surface area contributed by atoms with Crippen molar-refractivity contribution in [2.45, 2.75) is 20.8 Å². The van der Waals surface area contributed by atoms with E-state index in [2.05, 4.69) is 15.5 Å². The molecule has 0 spiro atoms. The summed E-state index contributed by atoms with van der Waals surface area (Å²) in [5.41, 5.74) is 5.04. The first-order valence-electron chi connectivity index (χ1n) is 7.31. The third-order valence-electron chi connectivity index (χ3n) is 3.60. The molecule has 2 heterocycles. The molecule has 0 aliphatic carbocycles. The lowest BCUT2D eigenvalue weighted by atomic mass is 10.0. The topological polar surface area (TPSA) is 68.0 Å². The highest BCUT2D eigenvalue weighted by Gasteiger charge is 2.16. The van der Waals surface area contributed by atoms with Crippen molar-refractivity contribution in [3.05, 3.63) is 65.1 Å². The second kappa shape index (κ2) is 6.04. The van der Waals surface area contributed by atoms with Crippen LogP contribution in [0.15, 0.2) is 47.2 Å². The Kier molecular flexibility index (Phi) is 3.93. The van der Waals surface area contributed by atoms with Gasteiger partial charge in [0.2, 0.25) is 0 Å². The number of rotatable bonds is 3. The monoisotopic (exact) mass is 307 g/mol. The van der Waals surface area contributed by atoms with Crippen molar-refractivity contribution in [3.63, 3.8) is 0 Å². The lowest BCUT2D eigenvalue weighted by Gasteiger charge is -2.11. The number of nitrogens with one attached hydrogen (secondary N) is 1. The second-order valence-electron chi connectivity index (χ2n) is 5.55. The molecular weight excluding hydrogens is 290 g/mol. The fourth-order valence-electron chi connectivity index (χ4n) is 2.58. The molecule has 0 saturated heterocycles. The van der Waals surface area contributed by atoms with E-state index in [1.807, 2.05) is 39.0 Å². The van der Waals surface area contributed by atoms with Crippen LogP contribution in [0.2, 0.25) is 0 Å². The van der Waals surface area contributed by atoms with Gasteiger partial charge in [0, 0.05) is 29.7 Å². The number of anilines is 1. The molecule has 0 unspecified atom stereocenters. The van der Waals surface area contributed by atoms with E-state index in [1.54, 1.807) is 24.5 Å². The number of carbonyl (C=O) groups is 1. The van der Waals surface area contributed by atoms with Crippen molar-refractivity contribution < 1.29 is 9.32 Å². The second-order valence-corrected chi connectivity index (χ2v) is 5.55. The van der Waals surface area contributed by atoms with Crippen molar-refractivity contribution >= 4 is 11.6 Å². The summed E-state index contributed by atoms with van der Waals surface area (Å²) in [5, 5.41) is 6.76. The van der Waals surface area contributed by atoms with Gasteiger partial charge in [0.25, 0.3) is 5.91 Å². The molecular formula is C18H17N3O2. The molecule has 2 aromatic heterocycles. The average molecular weight is 307 g/mol. The van der Waals surface area contributed by atoms with Crippen molar-refractivity contribution in [2.24, 2.45) is 0 Å². The minimum atomic E-state index is -0.293. The molecule has 1 N–H and O–H groups in total. The predicted molar refractivity (Wildman–Crippen MR) is 88.3 cm³/mol. The number of nitrogens with zero attached hydrogens (tertiary/aromatic N) is 2. The van der Waals surface area contributed by atoms with Gasteiger partial charge in [0.1, 0.15) is 0 Å². The van der Waals surface area contributed by atoms with Crippen molar-refractivity contribution in [1.29, 1.82) is 0 Å². The molecule has 23 heavy (non-hydrogen) atoms. The van der Waals surface area contributed by atoms with E-state index in [1.165, 1.54) is 5.56 Å². The zero-order valence-corrected chi connectivity index (χ0v) is 13.3. The molecule has 0 fully saturated rings. The molecule has 1 aromatic carbocycles. The standard InChI is InChI=1S/C18H17N3O2/c1-11-7-12(2)17(13(3)8-11)20-18(22)15-9-16(23-21-15)14-5-4-6-19-10-14/h4-10H,1-3H3,(H,20,22). The Balaban J connectivity index is 1.84. The number of hydrogen-bond acceptors (Lipinski definition) is 4. The van der Waals surface area contributed by atoms with Crippen molar-refractivity contribution in [3.8, 4) is 11.3 Å². The lowest BCUT2D eigenvalue weighted by molar-refractivity contribution is 0.101. The minimum Gasteiger partial charge on any atom is -0.355 e. The molecule has 0 aliphatic rings. The molecule has 3 rings (SSSR count). The summed E-state index contributed by atoms with van der Waals surface area (Å²) < 4.78 is 5.24. The molecule has 0 aliphatic heterocycles. The van der Waals surface area contributed by atoms with Crippen LogP contribution < -0.4 is 5.32 Å². The van der Waals surface area contributed by atoms with Gasteiger partial charge in [-0.3, -0.25) is 9.78 Å². The van der Waals surface area contributed by atoms with Gasteiger partial charge in [-0.25, -0.2) is 0 Å². The normalized spacial score (nSPS) is 10.6. The summed E-state index contributed by atoms with van der Waals surface area (Å²) in [6.07, 6.45) is 3.34. The van der Waals surface area contributed by atoms with E-state index in [0.29, 0.717) is 5.76 Å². The number of amides is 1. The lowest BCUT2D eigenvalue weighted by Crippen LogP contribution is -2.14. The molecule has 5 nitrogen and oxygen atoms in total. The average Bonchev–Trinajstić information content (AvgIpc) is 3.01. The highest BCUT2D eigenvalue weighted by atomic mass is 16.5. The molecule has 1 amide bonds. The maximum absolute atomic E-state index is 12.4. The first-order valence-corrected chi connectivity index (χ1v) is 7.31. The van der Waals surface area contributed by atoms with Crippen molar-refractivity contribution in [1.82, 2.24) is 10.1 Å². The number of hydrogen-bond donors (Lipinski definition) is 1. The maximum atomic E-state index is 12.4. The zero-order valence-electron chi connectivity index (χ0n) is 13.3. The van der Waals surface area contributed by atoms with Crippen LogP contribution in [0, 0.1) is 20.8 Å². The first-order chi connectivity index (χ1) is 11.0. The number of benzene rings is 1. The van der Waals surface area contributed by atoms with Crippen LogP contribution in [0.3, 0.4) is 0 Å². The molecule has 0 radical (unpaired) electrons. The van der Waals surface area contributed by atoms with Crippen LogP contribution in [0.1, 0.15) is 27.2 Å². The Morgan fingerprint density at radius 3 is 2.52 bits per heavy atom. The fourth-order valence-corrected chi connectivity index (χ4v) is 2.58. The summed E-state index contributed by atoms with van der Waals surface area (Å²) in [6.45, 7) is 5.97. The Morgan fingerprint density at radius 1 is 1.13 bits per heavy atom. The molecule has 0 atom stereocenters. The van der Waals surface area contributed by atoms with E-state index in [9.17, 15) is 4.79 Å². The van der Waals surface area contributed by atoms with Crippen LogP contribution >= 0.6 is 0 Å². The van der Waals surface area contributed by atoms with Gasteiger partial charge in [-0.05, 0) is 44.0 Å². The summed E-state index contributed by atoms with van der Waals surface area (Å²) in [6, 6.07) is 9.34. The van der Waals surface area contributed by atoms with Crippen LogP contribution in [0.5, 0.6) is 0 Å². The van der Waals surface area contributed by atoms with Gasteiger partial charge in [0.15, 0.2) is 11.5 Å². The van der Waals surface area contributed by atoms with Gasteiger partial charge in [0.05, 0.1) is 0 Å². The van der Waals surface area contributed by atoms with E-state index in [4.69, 9.17) is 4.52 Å². The van der Waals surface area contributed by atoms with E-state index in [0.717, 1.165) is 22.4 Å². The quantitative estimate of drug-likeness (QED) is 0.796. The Labute approximate surface area is 134 Å². The van der Waals surface area contributed by atoms with Crippen molar-refractivity contribution in [2.75, 3.05) is 5.32 Å². The summed E-state index contributed by atoms with van der Waals surface area (Å²) in [5.74, 6) is 0.222. The van der Waals surface area contributed by atoms with Crippen LogP contribution in [-0.2, 0) is 0 Å². The van der Waals surface area contributed by atoms with Crippen LogP contribution in [0.25, 0.3) is 11.3 Å². The molecule has 5 heteroatoms. The Hall–Kier alpha value is -2.95. The van der Waals surface area contributed by atoms with E-state index < -0.39 is 0 Å². The third-order valence-corrected chi connectivity index (χ3v) is 3.60. The summed E-state index contributed by atoms with van der Waals surface area (Å²) in [7, 11) is 0. The van der Waals surface area contributed by atoms with Gasteiger partial charge in [-0.15, -0.1) is 0 Å². The predicted octanol–water partition coefficient (Wildman–Crippen LogP) is 3.91. The SMILES string of the molecule is Cc1cc(C)c(NC(=O)c2cc(-c3cccnc3)on2)c(C)c1. The Bertz CT molecular complexity index is 831. The van der Waals surface area contributed by atoms with Crippen LogP contribution in [-0.4, -0.2) is 16.0 Å². The largest absolute Gasteiger partial charge is 0.355 e. The van der Waals surface area contributed by atoms with E-state index >= 15 is 0 Å². The highest BCUT2D eigenvalue weighted by Crippen LogP contribution is 2.24. The fraction of sp³-hybridized carbons (Fsp3) is 0.167. The first kappa shape index (κ1) is 15.0. The van der Waals surface area contributed by atoms with Gasteiger partial charge < -0.3 is 9.84 Å². The smallest absolute Gasteiger partial charge is 0.277 e. The van der Waals surface area contributed by atoms with Gasteiger partial charge in [-0.1, -0.05) is 22.9 Å². The van der Waals surface area contributed by atoms with Crippen LogP contribution in [0.4, 0.5) is 5.69 Å². The maximum Gasteiger partial charge on any atom is 0.277 e. The minimum absolute atomic E-state index is 0.239. The number of aryl methyl sites for hydroxylation is 3. The molecule has 3 aromatic rings. The molecule has 116 valence electrons. The summed E-state index contributed by atoms with van der Waals surface area (Å²) in [4.78, 5) is 16.4. The molecule has 0 bridgehead atoms. The zero-order chi connectivity index (χ0) is 16.4. The third kappa shape index (κ3) is 3.13. The van der Waals surface area contributed by atoms with Gasteiger partial charge >= 0.3 is 0 Å². The van der Waals surface area contributed by atoms with Gasteiger partial charge in [-0.2, -0.15) is 0 Å².